The highest BCUT2D eigenvalue weighted by atomic mass is 35.5. The lowest BCUT2D eigenvalue weighted by Crippen LogP contribution is -2.53. The van der Waals surface area contributed by atoms with E-state index in [1.165, 1.54) is 0 Å². The van der Waals surface area contributed by atoms with Crippen molar-refractivity contribution in [3.05, 3.63) is 64.7 Å². The maximum atomic E-state index is 13.9. The van der Waals surface area contributed by atoms with Crippen LogP contribution in [-0.2, 0) is 26.9 Å². The van der Waals surface area contributed by atoms with Gasteiger partial charge in [0.15, 0.2) is 0 Å². The van der Waals surface area contributed by atoms with Gasteiger partial charge in [-0.15, -0.1) is 0 Å². The van der Waals surface area contributed by atoms with Crippen LogP contribution in [-0.4, -0.2) is 68.8 Å². The number of carbonyl (C=O) groups excluding carboxylic acids is 2. The summed E-state index contributed by atoms with van der Waals surface area (Å²) in [5, 5.41) is 3.71. The molecule has 2 aliphatic rings. The van der Waals surface area contributed by atoms with Gasteiger partial charge < -0.3 is 16.0 Å². The Morgan fingerprint density at radius 1 is 1.21 bits per heavy atom. The molecule has 0 saturated carbocycles. The van der Waals surface area contributed by atoms with E-state index in [9.17, 15) is 13.8 Å². The summed E-state index contributed by atoms with van der Waals surface area (Å²) >= 11 is 6.27. The molecule has 2 aromatic rings. The van der Waals surface area contributed by atoms with E-state index in [1.807, 2.05) is 55.5 Å². The van der Waals surface area contributed by atoms with Crippen molar-refractivity contribution in [3.63, 3.8) is 0 Å². The Kier molecular flexibility index (Phi) is 9.63. The molecule has 9 heteroatoms. The Morgan fingerprint density at radius 3 is 2.63 bits per heavy atom. The van der Waals surface area contributed by atoms with Crippen molar-refractivity contribution in [2.45, 2.75) is 75.6 Å². The highest BCUT2D eigenvalue weighted by molar-refractivity contribution is 7.85. The number of nitrogens with two attached hydrogens (primary N) is 1. The van der Waals surface area contributed by atoms with Crippen LogP contribution in [0.15, 0.2) is 53.4 Å². The average molecular weight is 559 g/mol. The topological polar surface area (TPSA) is 95.7 Å². The number of hydrogen-bond donors (Lipinski definition) is 2. The third-order valence-electron chi connectivity index (χ3n) is 7.54. The zero-order valence-electron chi connectivity index (χ0n) is 22.4. The van der Waals surface area contributed by atoms with Gasteiger partial charge in [0, 0.05) is 47.4 Å². The molecule has 7 nitrogen and oxygen atoms in total. The summed E-state index contributed by atoms with van der Waals surface area (Å²) in [4.78, 5) is 32.1. The van der Waals surface area contributed by atoms with Gasteiger partial charge in [0.1, 0.15) is 6.04 Å². The molecular weight excluding hydrogens is 520 g/mol. The van der Waals surface area contributed by atoms with E-state index in [4.69, 9.17) is 17.3 Å². The van der Waals surface area contributed by atoms with Crippen molar-refractivity contribution >= 4 is 34.2 Å². The first kappa shape index (κ1) is 28.7. The minimum absolute atomic E-state index is 0.0508. The highest BCUT2D eigenvalue weighted by Crippen LogP contribution is 2.30. The molecule has 2 saturated heterocycles. The number of carbonyl (C=O) groups is 2. The molecule has 0 radical (unpaired) electrons. The summed E-state index contributed by atoms with van der Waals surface area (Å²) in [6, 6.07) is 14.0. The third-order valence-corrected chi connectivity index (χ3v) is 9.43. The fraction of sp³-hybridized carbons (Fsp3) is 0.517. The molecule has 2 aromatic carbocycles. The van der Waals surface area contributed by atoms with Crippen LogP contribution in [0.4, 0.5) is 0 Å². The van der Waals surface area contributed by atoms with Gasteiger partial charge in [0.2, 0.25) is 11.8 Å². The standard InChI is InChI=1S/C29H39ClN4O3S/c1-19(2)13-26(28(35)32-16-21-10-9-20(3)25(30)14-21)33-12-11-23(18-38(37)24-7-5-4-6-8-24)34-17-22(31)15-27(34)29(33)36/h4-10,14,19,22-23,26-27H,11-13,15-18,31H2,1-3H3,(H,32,35)/t22-,23?,26-,27+,38?/m1/s1. The third kappa shape index (κ3) is 6.84. The lowest BCUT2D eigenvalue weighted by Gasteiger charge is -2.33. The van der Waals surface area contributed by atoms with Crippen LogP contribution in [0.1, 0.15) is 44.2 Å². The molecule has 2 amide bonds. The first-order valence-corrected chi connectivity index (χ1v) is 15.1. The lowest BCUT2D eigenvalue weighted by atomic mass is 10.00. The van der Waals surface area contributed by atoms with E-state index >= 15 is 0 Å². The number of rotatable bonds is 9. The van der Waals surface area contributed by atoms with Gasteiger partial charge >= 0.3 is 0 Å². The Balaban J connectivity index is 1.53. The van der Waals surface area contributed by atoms with E-state index in [0.717, 1.165) is 16.0 Å². The van der Waals surface area contributed by atoms with Crippen LogP contribution in [0.5, 0.6) is 0 Å². The minimum Gasteiger partial charge on any atom is -0.350 e. The number of fused-ring (bicyclic) bond motifs is 1. The Morgan fingerprint density at radius 2 is 1.95 bits per heavy atom. The molecule has 2 unspecified atom stereocenters. The molecule has 206 valence electrons. The maximum Gasteiger partial charge on any atom is 0.243 e. The van der Waals surface area contributed by atoms with Gasteiger partial charge in [-0.3, -0.25) is 18.7 Å². The first-order chi connectivity index (χ1) is 18.1. The molecule has 0 bridgehead atoms. The smallest absolute Gasteiger partial charge is 0.243 e. The molecule has 2 aliphatic heterocycles. The summed E-state index contributed by atoms with van der Waals surface area (Å²) in [5.74, 6) is 0.441. The second-order valence-electron chi connectivity index (χ2n) is 11.0. The van der Waals surface area contributed by atoms with Gasteiger partial charge in [-0.05, 0) is 61.4 Å². The van der Waals surface area contributed by atoms with E-state index in [0.29, 0.717) is 49.7 Å². The van der Waals surface area contributed by atoms with E-state index in [2.05, 4.69) is 24.1 Å². The quantitative estimate of drug-likeness (QED) is 0.491. The fourth-order valence-corrected chi connectivity index (χ4v) is 7.07. The Labute approximate surface area is 233 Å². The minimum atomic E-state index is -1.19. The normalized spacial score (nSPS) is 23.7. The number of aryl methyl sites for hydroxylation is 1. The van der Waals surface area contributed by atoms with E-state index < -0.39 is 22.9 Å². The van der Waals surface area contributed by atoms with Crippen molar-refractivity contribution in [2.75, 3.05) is 18.8 Å². The number of hydrogen-bond acceptors (Lipinski definition) is 5. The van der Waals surface area contributed by atoms with E-state index in [1.54, 1.807) is 4.90 Å². The largest absolute Gasteiger partial charge is 0.350 e. The summed E-state index contributed by atoms with van der Waals surface area (Å²) in [6.07, 6.45) is 1.75. The highest BCUT2D eigenvalue weighted by Gasteiger charge is 2.46. The van der Waals surface area contributed by atoms with Crippen LogP contribution in [0, 0.1) is 12.8 Å². The predicted octanol–water partition coefficient (Wildman–Crippen LogP) is 3.49. The van der Waals surface area contributed by atoms with Crippen LogP contribution < -0.4 is 11.1 Å². The van der Waals surface area contributed by atoms with Gasteiger partial charge in [-0.25, -0.2) is 0 Å². The summed E-state index contributed by atoms with van der Waals surface area (Å²) in [6.45, 7) is 7.44. The fourth-order valence-electron chi connectivity index (χ4n) is 5.50. The van der Waals surface area contributed by atoms with Crippen molar-refractivity contribution in [1.82, 2.24) is 15.1 Å². The maximum absolute atomic E-state index is 13.9. The summed E-state index contributed by atoms with van der Waals surface area (Å²) in [7, 11) is -1.19. The molecule has 4 rings (SSSR count). The van der Waals surface area contributed by atoms with Gasteiger partial charge in [0.25, 0.3) is 0 Å². The summed E-state index contributed by atoms with van der Waals surface area (Å²) in [5.41, 5.74) is 8.23. The molecular formula is C29H39ClN4O3S. The summed E-state index contributed by atoms with van der Waals surface area (Å²) < 4.78 is 13.2. The first-order valence-electron chi connectivity index (χ1n) is 13.4. The van der Waals surface area contributed by atoms with Crippen LogP contribution in [0.2, 0.25) is 5.02 Å². The molecule has 5 atom stereocenters. The number of nitrogens with one attached hydrogen (secondary N) is 1. The van der Waals surface area contributed by atoms with Crippen molar-refractivity contribution in [3.8, 4) is 0 Å². The Bertz CT molecular complexity index is 1160. The molecule has 2 fully saturated rings. The average Bonchev–Trinajstić information content (AvgIpc) is 3.24. The van der Waals surface area contributed by atoms with Crippen molar-refractivity contribution in [2.24, 2.45) is 11.7 Å². The molecule has 0 aliphatic carbocycles. The van der Waals surface area contributed by atoms with Crippen LogP contribution in [0.25, 0.3) is 0 Å². The second kappa shape index (κ2) is 12.7. The monoisotopic (exact) mass is 558 g/mol. The number of benzene rings is 2. The van der Waals surface area contributed by atoms with Gasteiger partial charge in [-0.2, -0.15) is 0 Å². The van der Waals surface area contributed by atoms with Crippen LogP contribution in [0.3, 0.4) is 0 Å². The van der Waals surface area contributed by atoms with E-state index in [-0.39, 0.29) is 29.8 Å². The zero-order valence-corrected chi connectivity index (χ0v) is 24.0. The second-order valence-corrected chi connectivity index (χ2v) is 12.9. The number of nitrogens with zero attached hydrogens (tertiary/aromatic N) is 2. The molecule has 0 spiro atoms. The number of amides is 2. The molecule has 2 heterocycles. The molecule has 3 N–H and O–H groups in total. The number of halogens is 1. The van der Waals surface area contributed by atoms with Crippen molar-refractivity contribution < 1.29 is 13.8 Å². The Hall–Kier alpha value is -2.26. The lowest BCUT2D eigenvalue weighted by molar-refractivity contribution is -0.143. The van der Waals surface area contributed by atoms with Crippen LogP contribution >= 0.6 is 11.6 Å². The molecule has 0 aromatic heterocycles. The molecule has 38 heavy (non-hydrogen) atoms. The van der Waals surface area contributed by atoms with Gasteiger partial charge in [-0.1, -0.05) is 55.8 Å². The predicted molar refractivity (Wildman–Crippen MR) is 152 cm³/mol. The zero-order chi connectivity index (χ0) is 27.4. The van der Waals surface area contributed by atoms with Gasteiger partial charge in [0.05, 0.1) is 16.8 Å². The SMILES string of the molecule is Cc1ccc(CNC(=O)[C@@H](CC(C)C)N2CCC(CS(=O)c3ccccc3)N3C[C@H](N)C[C@H]3C2=O)cc1Cl. The van der Waals surface area contributed by atoms with Crippen molar-refractivity contribution in [1.29, 1.82) is 0 Å².